The Morgan fingerprint density at radius 1 is 1.06 bits per heavy atom. The fourth-order valence-corrected chi connectivity index (χ4v) is 6.60. The van der Waals surface area contributed by atoms with Crippen molar-refractivity contribution in [2.45, 2.75) is 46.2 Å². The Hall–Kier alpha value is -4.08. The molecule has 4 atom stereocenters. The molecular formula is C30H30Cl3N7O7. The molecule has 3 fully saturated rings. The van der Waals surface area contributed by atoms with Gasteiger partial charge in [-0.15, -0.1) is 0 Å². The summed E-state index contributed by atoms with van der Waals surface area (Å²) in [7, 11) is 0. The van der Waals surface area contributed by atoms with Crippen molar-refractivity contribution in [1.82, 2.24) is 31.1 Å². The largest absolute Gasteiger partial charge is 0.445 e. The maximum atomic E-state index is 13.6. The minimum atomic E-state index is -2.77. The molecule has 1 unspecified atom stereocenters. The Kier molecular flexibility index (Phi) is 8.51. The molecule has 4 amide bonds. The van der Waals surface area contributed by atoms with E-state index < -0.39 is 63.8 Å². The van der Waals surface area contributed by atoms with E-state index in [-0.39, 0.29) is 43.3 Å². The number of alkyl carbamates (subject to hydrolysis) is 1. The second-order valence-electron chi connectivity index (χ2n) is 11.5. The minimum absolute atomic E-state index is 0.0214. The fraction of sp³-hybridized carbons (Fsp3) is 0.367. The number of aliphatic imine (C=N–C) groups is 1. The third kappa shape index (κ3) is 6.07. The molecule has 248 valence electrons. The molecule has 4 aliphatic heterocycles. The number of likely N-dealkylation sites (tertiary alicyclic amines) is 1. The third-order valence-corrected chi connectivity index (χ3v) is 8.86. The van der Waals surface area contributed by atoms with Crippen LogP contribution < -0.4 is 21.3 Å². The summed E-state index contributed by atoms with van der Waals surface area (Å²) >= 11 is 17.2. The van der Waals surface area contributed by atoms with Crippen LogP contribution in [-0.2, 0) is 14.3 Å². The molecule has 47 heavy (non-hydrogen) atoms. The van der Waals surface area contributed by atoms with E-state index in [4.69, 9.17) is 39.5 Å². The summed E-state index contributed by atoms with van der Waals surface area (Å²) in [6.45, 7) is 2.74. The number of ether oxygens (including phenoxy) is 1. The van der Waals surface area contributed by atoms with E-state index in [0.29, 0.717) is 0 Å². The summed E-state index contributed by atoms with van der Waals surface area (Å²) in [5.41, 5.74) is -0.00728. The lowest BCUT2D eigenvalue weighted by Gasteiger charge is -2.49. The molecule has 0 aliphatic carbocycles. The molecule has 6 N–H and O–H groups in total. The Balaban J connectivity index is 1.33. The van der Waals surface area contributed by atoms with E-state index in [0.717, 1.165) is 16.0 Å². The second-order valence-corrected chi connectivity index (χ2v) is 14.1. The zero-order valence-corrected chi connectivity index (χ0v) is 26.8. The van der Waals surface area contributed by atoms with Crippen LogP contribution in [0.2, 0.25) is 0 Å². The number of imide groups is 1. The number of hydrogen-bond acceptors (Lipinski definition) is 11. The van der Waals surface area contributed by atoms with Crippen LogP contribution in [0.5, 0.6) is 0 Å². The highest BCUT2D eigenvalue weighted by Crippen LogP contribution is 2.45. The van der Waals surface area contributed by atoms with Crippen LogP contribution in [0.1, 0.15) is 23.2 Å². The standard InChI is InChI=1S/C30H30Cl3N7O7/c1-16-34-24-20(13-39-22(41)10-11-23(39)42)35-26(37-27(44)47-15-28(31,32)33)40-14-21(30(45,46)29(24,40)38-16)36-25(43)19-9-5-8-18(12-19)17-6-3-2-4-7-17/h2-9,12,20-21,24,34,38,45-46H,1,10-11,13-15H2,(H,36,43)(H,35,37,44)/t20-,21?,24-,29-/m0/s1. The van der Waals surface area contributed by atoms with Gasteiger partial charge >= 0.3 is 6.09 Å². The maximum Gasteiger partial charge on any atom is 0.414 e. The van der Waals surface area contributed by atoms with Crippen molar-refractivity contribution in [3.63, 3.8) is 0 Å². The lowest BCUT2D eigenvalue weighted by atomic mass is 9.85. The predicted molar refractivity (Wildman–Crippen MR) is 171 cm³/mol. The van der Waals surface area contributed by atoms with E-state index >= 15 is 0 Å². The predicted octanol–water partition coefficient (Wildman–Crippen LogP) is 1.16. The van der Waals surface area contributed by atoms with Gasteiger partial charge in [0.05, 0.1) is 24.4 Å². The quantitative estimate of drug-likeness (QED) is 0.145. The summed E-state index contributed by atoms with van der Waals surface area (Å²) in [4.78, 5) is 58.5. The molecule has 0 saturated carbocycles. The number of guanidine groups is 1. The van der Waals surface area contributed by atoms with Gasteiger partial charge in [-0.2, -0.15) is 0 Å². The molecule has 0 bridgehead atoms. The molecule has 14 nitrogen and oxygen atoms in total. The van der Waals surface area contributed by atoms with Gasteiger partial charge in [0, 0.05) is 24.9 Å². The Bertz CT molecular complexity index is 1650. The first kappa shape index (κ1) is 32.8. The highest BCUT2D eigenvalue weighted by atomic mass is 35.6. The number of benzene rings is 2. The van der Waals surface area contributed by atoms with Crippen molar-refractivity contribution in [3.8, 4) is 11.1 Å². The topological polar surface area (TPSA) is 185 Å². The van der Waals surface area contributed by atoms with Gasteiger partial charge in [0.2, 0.25) is 27.4 Å². The maximum absolute atomic E-state index is 13.6. The molecule has 1 spiro atoms. The number of amides is 4. The van der Waals surface area contributed by atoms with Gasteiger partial charge < -0.3 is 35.8 Å². The van der Waals surface area contributed by atoms with Gasteiger partial charge in [-0.05, 0) is 23.3 Å². The fourth-order valence-electron chi connectivity index (χ4n) is 6.43. The van der Waals surface area contributed by atoms with Crippen LogP contribution in [0.3, 0.4) is 0 Å². The summed E-state index contributed by atoms with van der Waals surface area (Å²) < 4.78 is 3.10. The normalized spacial score (nSPS) is 26.2. The molecule has 4 aliphatic rings. The van der Waals surface area contributed by atoms with Crippen molar-refractivity contribution in [2.75, 3.05) is 19.7 Å². The number of hydrogen-bond donors (Lipinski definition) is 6. The summed E-state index contributed by atoms with van der Waals surface area (Å²) in [6, 6.07) is 12.8. The van der Waals surface area contributed by atoms with E-state index in [1.165, 1.54) is 4.90 Å². The summed E-state index contributed by atoms with van der Waals surface area (Å²) in [5, 5.41) is 35.1. The number of nitrogens with one attached hydrogen (secondary N) is 4. The van der Waals surface area contributed by atoms with Crippen LogP contribution in [0.15, 0.2) is 72.0 Å². The van der Waals surface area contributed by atoms with Crippen molar-refractivity contribution in [1.29, 1.82) is 0 Å². The van der Waals surface area contributed by atoms with E-state index in [1.54, 1.807) is 18.2 Å². The highest BCUT2D eigenvalue weighted by molar-refractivity contribution is 6.67. The van der Waals surface area contributed by atoms with Crippen molar-refractivity contribution in [3.05, 3.63) is 72.6 Å². The van der Waals surface area contributed by atoms with E-state index in [9.17, 15) is 29.4 Å². The van der Waals surface area contributed by atoms with Crippen LogP contribution in [0.25, 0.3) is 11.1 Å². The lowest BCUT2D eigenvalue weighted by Crippen LogP contribution is -2.78. The van der Waals surface area contributed by atoms with Crippen LogP contribution in [-0.4, -0.2) is 103 Å². The molecule has 3 saturated heterocycles. The average molecular weight is 707 g/mol. The monoisotopic (exact) mass is 705 g/mol. The molecule has 0 aromatic heterocycles. The van der Waals surface area contributed by atoms with Crippen LogP contribution >= 0.6 is 34.8 Å². The highest BCUT2D eigenvalue weighted by Gasteiger charge is 2.74. The van der Waals surface area contributed by atoms with Crippen molar-refractivity contribution >= 4 is 64.6 Å². The number of carbonyl (C=O) groups is 4. The van der Waals surface area contributed by atoms with Crippen molar-refractivity contribution < 1.29 is 34.1 Å². The molecule has 6 rings (SSSR count). The van der Waals surface area contributed by atoms with Gasteiger partial charge in [-0.1, -0.05) is 83.8 Å². The number of carbonyl (C=O) groups excluding carboxylic acids is 4. The smallest absolute Gasteiger partial charge is 0.414 e. The zero-order valence-electron chi connectivity index (χ0n) is 24.6. The van der Waals surface area contributed by atoms with Crippen LogP contribution in [0.4, 0.5) is 4.79 Å². The minimum Gasteiger partial charge on any atom is -0.445 e. The number of alkyl halides is 3. The molecule has 2 aromatic carbocycles. The SMILES string of the molecule is C=C1N[C@H]2[C@H](CN3C(=O)CCC3=O)N=C(NC(=O)OCC(Cl)(Cl)Cl)N3CC(NC(=O)c4cccc(-c5ccccc5)c4)C(O)(O)[C@]23N1. The lowest BCUT2D eigenvalue weighted by molar-refractivity contribution is -0.231. The first-order valence-electron chi connectivity index (χ1n) is 14.5. The van der Waals surface area contributed by atoms with E-state index in [2.05, 4.69) is 32.8 Å². The number of halogens is 3. The third-order valence-electron chi connectivity index (χ3n) is 8.53. The van der Waals surface area contributed by atoms with Gasteiger partial charge in [0.15, 0.2) is 5.66 Å². The van der Waals surface area contributed by atoms with Gasteiger partial charge in [-0.3, -0.25) is 24.6 Å². The van der Waals surface area contributed by atoms with Crippen LogP contribution in [0, 0.1) is 0 Å². The summed E-state index contributed by atoms with van der Waals surface area (Å²) in [6.07, 6.45) is -1.05. The van der Waals surface area contributed by atoms with E-state index in [1.807, 2.05) is 36.4 Å². The zero-order chi connectivity index (χ0) is 33.7. The summed E-state index contributed by atoms with van der Waals surface area (Å²) in [5.74, 6) is -4.27. The Morgan fingerprint density at radius 3 is 2.43 bits per heavy atom. The molecular weight excluding hydrogens is 677 g/mol. The average Bonchev–Trinajstić information content (AvgIpc) is 3.63. The van der Waals surface area contributed by atoms with Gasteiger partial charge in [0.1, 0.15) is 12.6 Å². The first-order valence-corrected chi connectivity index (χ1v) is 15.7. The molecule has 2 aromatic rings. The van der Waals surface area contributed by atoms with Crippen molar-refractivity contribution in [2.24, 2.45) is 4.99 Å². The number of nitrogens with zero attached hydrogens (tertiary/aromatic N) is 3. The molecule has 0 radical (unpaired) electrons. The second kappa shape index (κ2) is 12.2. The molecule has 4 heterocycles. The Morgan fingerprint density at radius 2 is 1.74 bits per heavy atom. The number of rotatable bonds is 6. The first-order chi connectivity index (χ1) is 22.2. The Labute approximate surface area is 283 Å². The van der Waals surface area contributed by atoms with Gasteiger partial charge in [0.25, 0.3) is 5.91 Å². The van der Waals surface area contributed by atoms with Gasteiger partial charge in [-0.25, -0.2) is 9.79 Å². The number of aliphatic hydroxyl groups is 2. The molecule has 17 heteroatoms.